The molecule has 0 aliphatic carbocycles. The molecule has 0 aliphatic rings. The van der Waals surface area contributed by atoms with Crippen LogP contribution in [0.1, 0.15) is 26.5 Å². The molecule has 0 radical (unpaired) electrons. The van der Waals surface area contributed by atoms with Gasteiger partial charge in [0.05, 0.1) is 17.3 Å². The molecule has 1 unspecified atom stereocenters. The number of benzene rings is 1. The van der Waals surface area contributed by atoms with Gasteiger partial charge in [0.25, 0.3) is 0 Å². The predicted octanol–water partition coefficient (Wildman–Crippen LogP) is 3.10. The number of aromatic nitrogens is 2. The van der Waals surface area contributed by atoms with Gasteiger partial charge in [-0.3, -0.25) is 4.68 Å². The molecule has 4 heteroatoms. The largest absolute Gasteiger partial charge is 0.392 e. The lowest BCUT2D eigenvalue weighted by molar-refractivity contribution is 0.199. The van der Waals surface area contributed by atoms with E-state index in [4.69, 9.17) is 0 Å². The first-order valence-electron chi connectivity index (χ1n) is 6.86. The normalized spacial score (nSPS) is 13.3. The molecule has 1 atom stereocenters. The van der Waals surface area contributed by atoms with Gasteiger partial charge in [-0.05, 0) is 18.2 Å². The molecule has 1 heterocycles. The summed E-state index contributed by atoms with van der Waals surface area (Å²) in [5, 5.41) is 16.5. The van der Waals surface area contributed by atoms with Gasteiger partial charge in [-0.15, -0.1) is 0 Å². The van der Waals surface area contributed by atoms with E-state index in [-0.39, 0.29) is 6.10 Å². The highest BCUT2D eigenvalue weighted by atomic mass is 32.2. The summed E-state index contributed by atoms with van der Waals surface area (Å²) >= 11 is 1.79. The Morgan fingerprint density at radius 2 is 2.05 bits per heavy atom. The van der Waals surface area contributed by atoms with Crippen LogP contribution in [0.25, 0.3) is 10.9 Å². The fraction of sp³-hybridized carbons (Fsp3) is 0.533. The minimum atomic E-state index is -0.323. The van der Waals surface area contributed by atoms with Crippen LogP contribution in [-0.4, -0.2) is 32.0 Å². The molecule has 2 rings (SSSR count). The number of aryl methyl sites for hydroxylation is 1. The highest BCUT2D eigenvalue weighted by Gasteiger charge is 2.14. The summed E-state index contributed by atoms with van der Waals surface area (Å²) < 4.78 is 2.01. The van der Waals surface area contributed by atoms with Crippen LogP contribution in [0, 0.1) is 0 Å². The van der Waals surface area contributed by atoms with Gasteiger partial charge >= 0.3 is 0 Å². The minimum absolute atomic E-state index is 0.323. The molecule has 0 saturated heterocycles. The molecule has 1 N–H and O–H groups in total. The summed E-state index contributed by atoms with van der Waals surface area (Å²) in [5.74, 6) is 0.769. The van der Waals surface area contributed by atoms with Gasteiger partial charge < -0.3 is 5.11 Å². The van der Waals surface area contributed by atoms with E-state index >= 15 is 0 Å². The number of aliphatic hydroxyl groups is 1. The lowest BCUT2D eigenvalue weighted by Gasteiger charge is -2.10. The van der Waals surface area contributed by atoms with Crippen LogP contribution in [0.2, 0.25) is 0 Å². The van der Waals surface area contributed by atoms with Crippen LogP contribution in [0.3, 0.4) is 0 Å². The number of fused-ring (bicyclic) bond motifs is 1. The molecule has 0 fully saturated rings. The third-order valence-corrected chi connectivity index (χ3v) is 4.33. The second-order valence-electron chi connectivity index (χ2n) is 5.02. The van der Waals surface area contributed by atoms with Gasteiger partial charge in [0.1, 0.15) is 0 Å². The van der Waals surface area contributed by atoms with Crippen LogP contribution >= 0.6 is 11.8 Å². The van der Waals surface area contributed by atoms with Gasteiger partial charge in [-0.1, -0.05) is 32.0 Å². The van der Waals surface area contributed by atoms with E-state index in [2.05, 4.69) is 38.0 Å². The van der Waals surface area contributed by atoms with Crippen molar-refractivity contribution in [2.45, 2.75) is 45.1 Å². The Kier molecular flexibility index (Phi) is 4.88. The van der Waals surface area contributed by atoms with Gasteiger partial charge in [0, 0.05) is 24.1 Å². The van der Waals surface area contributed by atoms with E-state index in [0.29, 0.717) is 11.7 Å². The minimum Gasteiger partial charge on any atom is -0.392 e. The zero-order valence-electron chi connectivity index (χ0n) is 11.8. The second kappa shape index (κ2) is 6.44. The molecule has 2 aromatic rings. The molecular formula is C15H22N2OS. The maximum atomic E-state index is 10.1. The monoisotopic (exact) mass is 278 g/mol. The predicted molar refractivity (Wildman–Crippen MR) is 82.7 cm³/mol. The van der Waals surface area contributed by atoms with Gasteiger partial charge in [0.2, 0.25) is 0 Å². The van der Waals surface area contributed by atoms with Crippen molar-refractivity contribution in [2.75, 3.05) is 5.75 Å². The van der Waals surface area contributed by atoms with E-state index in [9.17, 15) is 5.11 Å². The maximum absolute atomic E-state index is 10.1. The number of para-hydroxylation sites is 1. The SMILES string of the molecule is CCn1nc(CC(O)CSC(C)C)c2ccccc21. The van der Waals surface area contributed by atoms with Gasteiger partial charge in [-0.2, -0.15) is 16.9 Å². The summed E-state index contributed by atoms with van der Waals surface area (Å²) in [4.78, 5) is 0. The lowest BCUT2D eigenvalue weighted by atomic mass is 10.1. The molecular weight excluding hydrogens is 256 g/mol. The Labute approximate surface area is 119 Å². The average molecular weight is 278 g/mol. The fourth-order valence-corrected chi connectivity index (χ4v) is 2.90. The van der Waals surface area contributed by atoms with Crippen molar-refractivity contribution in [1.82, 2.24) is 9.78 Å². The Balaban J connectivity index is 2.16. The molecule has 3 nitrogen and oxygen atoms in total. The molecule has 0 bridgehead atoms. The fourth-order valence-electron chi connectivity index (χ4n) is 2.17. The molecule has 0 amide bonds. The molecule has 0 saturated carbocycles. The van der Waals surface area contributed by atoms with Crippen LogP contribution < -0.4 is 0 Å². The standard InChI is InChI=1S/C15H22N2OS/c1-4-17-15-8-6-5-7-13(15)14(16-17)9-12(18)10-19-11(2)3/h5-8,11-12,18H,4,9-10H2,1-3H3. The molecule has 1 aromatic carbocycles. The maximum Gasteiger partial charge on any atom is 0.0729 e. The van der Waals surface area contributed by atoms with Crippen molar-refractivity contribution in [3.05, 3.63) is 30.0 Å². The van der Waals surface area contributed by atoms with Gasteiger partial charge in [0.15, 0.2) is 0 Å². The van der Waals surface area contributed by atoms with E-state index in [0.717, 1.165) is 28.9 Å². The third kappa shape index (κ3) is 3.51. The number of hydrogen-bond acceptors (Lipinski definition) is 3. The van der Waals surface area contributed by atoms with Crippen molar-refractivity contribution in [3.63, 3.8) is 0 Å². The summed E-state index contributed by atoms with van der Waals surface area (Å²) in [7, 11) is 0. The number of nitrogens with zero attached hydrogens (tertiary/aromatic N) is 2. The number of aliphatic hydroxyl groups excluding tert-OH is 1. The molecule has 104 valence electrons. The van der Waals surface area contributed by atoms with Crippen molar-refractivity contribution < 1.29 is 5.11 Å². The Bertz CT molecular complexity index is 536. The highest BCUT2D eigenvalue weighted by molar-refractivity contribution is 7.99. The van der Waals surface area contributed by atoms with E-state index in [1.807, 2.05) is 16.8 Å². The van der Waals surface area contributed by atoms with Crippen molar-refractivity contribution in [2.24, 2.45) is 0 Å². The first-order valence-corrected chi connectivity index (χ1v) is 7.90. The first kappa shape index (κ1) is 14.4. The Morgan fingerprint density at radius 1 is 1.32 bits per heavy atom. The van der Waals surface area contributed by atoms with Crippen LogP contribution in [-0.2, 0) is 13.0 Å². The smallest absolute Gasteiger partial charge is 0.0729 e. The van der Waals surface area contributed by atoms with E-state index in [1.165, 1.54) is 0 Å². The summed E-state index contributed by atoms with van der Waals surface area (Å²) in [5.41, 5.74) is 2.16. The van der Waals surface area contributed by atoms with Gasteiger partial charge in [-0.25, -0.2) is 0 Å². The molecule has 1 aromatic heterocycles. The number of rotatable bonds is 6. The van der Waals surface area contributed by atoms with Crippen molar-refractivity contribution in [1.29, 1.82) is 0 Å². The second-order valence-corrected chi connectivity index (χ2v) is 6.63. The third-order valence-electron chi connectivity index (χ3n) is 3.08. The van der Waals surface area contributed by atoms with Crippen LogP contribution in [0.4, 0.5) is 0 Å². The highest BCUT2D eigenvalue weighted by Crippen LogP contribution is 2.21. The van der Waals surface area contributed by atoms with Crippen molar-refractivity contribution in [3.8, 4) is 0 Å². The van der Waals surface area contributed by atoms with Crippen LogP contribution in [0.5, 0.6) is 0 Å². The quantitative estimate of drug-likeness (QED) is 0.882. The average Bonchev–Trinajstić information content (AvgIpc) is 2.75. The lowest BCUT2D eigenvalue weighted by Crippen LogP contribution is -2.15. The number of thioether (sulfide) groups is 1. The molecule has 0 spiro atoms. The molecule has 0 aliphatic heterocycles. The molecule has 19 heavy (non-hydrogen) atoms. The summed E-state index contributed by atoms with van der Waals surface area (Å²) in [6.45, 7) is 7.25. The number of hydrogen-bond donors (Lipinski definition) is 1. The zero-order chi connectivity index (χ0) is 13.8. The topological polar surface area (TPSA) is 38.0 Å². The summed E-state index contributed by atoms with van der Waals surface area (Å²) in [6.07, 6.45) is 0.309. The Hall–Kier alpha value is -1.00. The zero-order valence-corrected chi connectivity index (χ0v) is 12.7. The summed E-state index contributed by atoms with van der Waals surface area (Å²) in [6, 6.07) is 8.24. The Morgan fingerprint density at radius 3 is 2.74 bits per heavy atom. The van der Waals surface area contributed by atoms with Crippen molar-refractivity contribution >= 4 is 22.7 Å². The van der Waals surface area contributed by atoms with Crippen LogP contribution in [0.15, 0.2) is 24.3 Å². The van der Waals surface area contributed by atoms with E-state index in [1.54, 1.807) is 11.8 Å². The first-order chi connectivity index (χ1) is 9.11. The van der Waals surface area contributed by atoms with E-state index < -0.39 is 0 Å².